The zero-order valence-electron chi connectivity index (χ0n) is 15.5. The fourth-order valence-electron chi connectivity index (χ4n) is 4.59. The first kappa shape index (κ1) is 17.5. The Morgan fingerprint density at radius 2 is 1.50 bits per heavy atom. The first-order valence-electron chi connectivity index (χ1n) is 9.23. The van der Waals surface area contributed by atoms with Gasteiger partial charge in [-0.25, -0.2) is 8.42 Å². The van der Waals surface area contributed by atoms with E-state index in [0.717, 1.165) is 24.0 Å². The summed E-state index contributed by atoms with van der Waals surface area (Å²) in [5, 5.41) is 0. The molecule has 26 heavy (non-hydrogen) atoms. The molecule has 1 aliphatic carbocycles. The second kappa shape index (κ2) is 6.36. The molecule has 2 aromatic rings. The van der Waals surface area contributed by atoms with E-state index >= 15 is 0 Å². The van der Waals surface area contributed by atoms with Gasteiger partial charge in [0.15, 0.2) is 0 Å². The summed E-state index contributed by atoms with van der Waals surface area (Å²) in [4.78, 5) is 0.391. The monoisotopic (exact) mass is 367 g/mol. The Bertz CT molecular complexity index is 945. The van der Waals surface area contributed by atoms with Crippen LogP contribution in [0.3, 0.4) is 0 Å². The number of rotatable bonds is 3. The Hall–Kier alpha value is -1.91. The molecule has 1 fully saturated rings. The summed E-state index contributed by atoms with van der Waals surface area (Å²) >= 11 is 0. The molecule has 136 valence electrons. The van der Waals surface area contributed by atoms with Gasteiger partial charge >= 0.3 is 0 Å². The van der Waals surface area contributed by atoms with Crippen molar-refractivity contribution in [2.75, 3.05) is 0 Å². The number of nitrogens with zero attached hydrogens (tertiary/aromatic N) is 1. The predicted molar refractivity (Wildman–Crippen MR) is 104 cm³/mol. The highest BCUT2D eigenvalue weighted by molar-refractivity contribution is 7.89. The number of hydrogen-bond donors (Lipinski definition) is 0. The normalized spacial score (nSPS) is 26.3. The summed E-state index contributed by atoms with van der Waals surface area (Å²) in [5.41, 5.74) is 4.75. The molecule has 0 saturated carbocycles. The first-order chi connectivity index (χ1) is 12.4. The van der Waals surface area contributed by atoms with Crippen molar-refractivity contribution < 1.29 is 8.42 Å². The quantitative estimate of drug-likeness (QED) is 0.727. The Balaban J connectivity index is 1.88. The maximum absolute atomic E-state index is 13.6. The molecule has 3 nitrogen and oxygen atoms in total. The van der Waals surface area contributed by atoms with Gasteiger partial charge in [0.25, 0.3) is 0 Å². The zero-order chi connectivity index (χ0) is 18.5. The number of benzene rings is 2. The van der Waals surface area contributed by atoms with Crippen molar-refractivity contribution in [3.63, 3.8) is 0 Å². The largest absolute Gasteiger partial charge is 0.244 e. The Labute approximate surface area is 156 Å². The third-order valence-corrected chi connectivity index (χ3v) is 8.03. The summed E-state index contributed by atoms with van der Waals surface area (Å²) in [7, 11) is -3.56. The van der Waals surface area contributed by atoms with Gasteiger partial charge in [-0.1, -0.05) is 59.2 Å². The van der Waals surface area contributed by atoms with Gasteiger partial charge in [0.2, 0.25) is 10.0 Å². The number of fused-ring (bicyclic) bond motifs is 2. The van der Waals surface area contributed by atoms with Gasteiger partial charge in [0.05, 0.1) is 10.9 Å². The lowest BCUT2D eigenvalue weighted by molar-refractivity contribution is 0.132. The van der Waals surface area contributed by atoms with Crippen molar-refractivity contribution in [1.82, 2.24) is 4.31 Å². The second-order valence-corrected chi connectivity index (χ2v) is 9.41. The topological polar surface area (TPSA) is 37.4 Å². The van der Waals surface area contributed by atoms with Gasteiger partial charge in [0.1, 0.15) is 0 Å². The molecule has 2 heterocycles. The van der Waals surface area contributed by atoms with Crippen molar-refractivity contribution in [1.29, 1.82) is 0 Å². The minimum absolute atomic E-state index is 0.0449. The average Bonchev–Trinajstić information content (AvgIpc) is 2.65. The smallest absolute Gasteiger partial charge is 0.207 e. The predicted octanol–water partition coefficient (Wildman–Crippen LogP) is 4.86. The zero-order valence-corrected chi connectivity index (χ0v) is 16.3. The minimum Gasteiger partial charge on any atom is -0.207 e. The van der Waals surface area contributed by atoms with Crippen molar-refractivity contribution >= 4 is 10.0 Å². The van der Waals surface area contributed by atoms with Crippen LogP contribution in [0.1, 0.15) is 43.9 Å². The molecule has 0 N–H and O–H groups in total. The van der Waals surface area contributed by atoms with Crippen molar-refractivity contribution in [3.05, 3.63) is 76.9 Å². The van der Waals surface area contributed by atoms with E-state index in [1.807, 2.05) is 37.3 Å². The average molecular weight is 368 g/mol. The third-order valence-electron chi connectivity index (χ3n) is 6.13. The highest BCUT2D eigenvalue weighted by Gasteiger charge is 2.50. The molecule has 0 amide bonds. The molecule has 2 aromatic carbocycles. The lowest BCUT2D eigenvalue weighted by Gasteiger charge is -2.51. The first-order valence-corrected chi connectivity index (χ1v) is 10.7. The van der Waals surface area contributed by atoms with Gasteiger partial charge in [-0.2, -0.15) is 4.31 Å². The summed E-state index contributed by atoms with van der Waals surface area (Å²) < 4.78 is 29.1. The van der Waals surface area contributed by atoms with Crippen LogP contribution in [-0.4, -0.2) is 18.8 Å². The number of sulfonamides is 1. The molecule has 2 aliphatic heterocycles. The van der Waals surface area contributed by atoms with Gasteiger partial charge < -0.3 is 0 Å². The Morgan fingerprint density at radius 1 is 0.846 bits per heavy atom. The van der Waals surface area contributed by atoms with Crippen molar-refractivity contribution in [3.8, 4) is 0 Å². The molecule has 2 bridgehead atoms. The summed E-state index contributed by atoms with van der Waals surface area (Å²) in [5.74, 6) is 0.252. The van der Waals surface area contributed by atoms with E-state index in [9.17, 15) is 8.42 Å². The van der Waals surface area contributed by atoms with Gasteiger partial charge in [-0.3, -0.25) is 0 Å². The third kappa shape index (κ3) is 2.63. The maximum atomic E-state index is 13.6. The lowest BCUT2D eigenvalue weighted by Crippen LogP contribution is -2.53. The summed E-state index contributed by atoms with van der Waals surface area (Å²) in [6.07, 6.45) is 1.95. The van der Waals surface area contributed by atoms with Crippen LogP contribution < -0.4 is 0 Å². The molecule has 5 rings (SSSR count). The molecule has 3 aliphatic rings. The van der Waals surface area contributed by atoms with Crippen LogP contribution >= 0.6 is 0 Å². The highest BCUT2D eigenvalue weighted by Crippen LogP contribution is 2.52. The maximum Gasteiger partial charge on any atom is 0.244 e. The van der Waals surface area contributed by atoms with E-state index in [2.05, 4.69) is 26.0 Å². The van der Waals surface area contributed by atoms with Crippen LogP contribution in [0.2, 0.25) is 0 Å². The van der Waals surface area contributed by atoms with Gasteiger partial charge in [0, 0.05) is 12.0 Å². The van der Waals surface area contributed by atoms with Crippen LogP contribution in [0.4, 0.5) is 0 Å². The molecule has 4 heteroatoms. The molecule has 0 spiro atoms. The summed E-state index contributed by atoms with van der Waals surface area (Å²) in [6, 6.07) is 17.2. The fraction of sp³-hybridized carbons (Fsp3) is 0.364. The van der Waals surface area contributed by atoms with E-state index in [-0.39, 0.29) is 18.0 Å². The number of piperidine rings is 1. The van der Waals surface area contributed by atoms with Crippen LogP contribution in [0, 0.1) is 12.8 Å². The number of aryl methyl sites for hydroxylation is 1. The van der Waals surface area contributed by atoms with E-state index in [1.54, 1.807) is 16.4 Å². The second-order valence-electron chi connectivity index (χ2n) is 7.57. The molecule has 0 radical (unpaired) electrons. The van der Waals surface area contributed by atoms with E-state index in [0.29, 0.717) is 4.90 Å². The van der Waals surface area contributed by atoms with Crippen molar-refractivity contribution in [2.45, 2.75) is 50.6 Å². The van der Waals surface area contributed by atoms with E-state index in [4.69, 9.17) is 0 Å². The SMILES string of the molecule is CC1=C(C)[C@@H]2CC[C@H]1N(S(=O)(=O)c1ccc(C)cc1)[C@H]2c1ccccc1. The summed E-state index contributed by atoms with van der Waals surface area (Å²) in [6.45, 7) is 6.26. The number of hydrogen-bond acceptors (Lipinski definition) is 2. The molecular weight excluding hydrogens is 342 g/mol. The van der Waals surface area contributed by atoms with E-state index in [1.165, 1.54) is 11.1 Å². The fourth-order valence-corrected chi connectivity index (χ4v) is 6.48. The molecular formula is C22H25NO2S. The molecule has 3 atom stereocenters. The molecule has 0 unspecified atom stereocenters. The van der Waals surface area contributed by atoms with Gasteiger partial charge in [-0.15, -0.1) is 0 Å². The van der Waals surface area contributed by atoms with Crippen LogP contribution in [0.5, 0.6) is 0 Å². The van der Waals surface area contributed by atoms with Crippen molar-refractivity contribution in [2.24, 2.45) is 5.92 Å². The van der Waals surface area contributed by atoms with Gasteiger partial charge in [-0.05, 0) is 51.3 Å². The minimum atomic E-state index is -3.56. The Kier molecular flexibility index (Phi) is 4.28. The molecule has 1 saturated heterocycles. The molecule has 0 aromatic heterocycles. The van der Waals surface area contributed by atoms with E-state index < -0.39 is 10.0 Å². The lowest BCUT2D eigenvalue weighted by atomic mass is 9.71. The standard InChI is InChI=1S/C22H25NO2S/c1-15-9-11-19(12-10-15)26(24,25)23-21-14-13-20(16(2)17(21)3)22(23)18-7-5-4-6-8-18/h4-12,20-22H,13-14H2,1-3H3/t20-,21+,22-/m0/s1. The van der Waals surface area contributed by atoms with Crippen LogP contribution in [0.15, 0.2) is 70.6 Å². The van der Waals surface area contributed by atoms with Crippen LogP contribution in [0.25, 0.3) is 0 Å². The van der Waals surface area contributed by atoms with Crippen LogP contribution in [-0.2, 0) is 10.0 Å². The highest BCUT2D eigenvalue weighted by atomic mass is 32.2. The Morgan fingerprint density at radius 3 is 2.15 bits per heavy atom.